The van der Waals surface area contributed by atoms with Gasteiger partial charge in [-0.15, -0.1) is 0 Å². The van der Waals surface area contributed by atoms with Crippen molar-refractivity contribution in [1.29, 1.82) is 0 Å². The average Bonchev–Trinajstić information content (AvgIpc) is 2.88. The minimum Gasteiger partial charge on any atom is -0.309 e. The van der Waals surface area contributed by atoms with Crippen molar-refractivity contribution in [3.05, 3.63) is 0 Å². The number of nitrogens with zero attached hydrogens (tertiary/aromatic N) is 1. The molecule has 0 N–H and O–H groups in total. The summed E-state index contributed by atoms with van der Waals surface area (Å²) in [5.41, 5.74) is 0.859. The Morgan fingerprint density at radius 2 is 1.50 bits per heavy atom. The minimum atomic E-state index is 0.859. The van der Waals surface area contributed by atoms with Crippen molar-refractivity contribution >= 4 is 0 Å². The average molecular weight is 219 g/mol. The first-order chi connectivity index (χ1) is 7.68. The van der Waals surface area contributed by atoms with E-state index in [9.17, 15) is 0 Å². The fourth-order valence-corrected chi connectivity index (χ4v) is 6.10. The highest BCUT2D eigenvalue weighted by molar-refractivity contribution is 5.17. The smallest absolute Gasteiger partial charge is 0.000929 e. The summed E-state index contributed by atoms with van der Waals surface area (Å²) in [5.74, 6) is 5.65. The maximum absolute atomic E-state index is 2.42. The van der Waals surface area contributed by atoms with Crippen LogP contribution < -0.4 is 0 Å². The fourth-order valence-electron chi connectivity index (χ4n) is 6.10. The van der Waals surface area contributed by atoms with Crippen molar-refractivity contribution in [3.63, 3.8) is 0 Å². The van der Waals surface area contributed by atoms with E-state index in [1.165, 1.54) is 6.54 Å². The van der Waals surface area contributed by atoms with E-state index in [-0.39, 0.29) is 0 Å². The summed E-state index contributed by atoms with van der Waals surface area (Å²) in [7, 11) is 4.50. The molecule has 0 saturated heterocycles. The molecule has 0 radical (unpaired) electrons. The van der Waals surface area contributed by atoms with Gasteiger partial charge in [-0.1, -0.05) is 0 Å². The third-order valence-electron chi connectivity index (χ3n) is 6.44. The maximum atomic E-state index is 2.42. The van der Waals surface area contributed by atoms with Crippen LogP contribution in [-0.2, 0) is 0 Å². The monoisotopic (exact) mass is 219 g/mol. The molecule has 5 aliphatic carbocycles. The van der Waals surface area contributed by atoms with Gasteiger partial charge >= 0.3 is 0 Å². The first-order valence-corrected chi connectivity index (χ1v) is 7.33. The zero-order valence-electron chi connectivity index (χ0n) is 10.8. The quantitative estimate of drug-likeness (QED) is 0.690. The van der Waals surface area contributed by atoms with E-state index in [0.717, 1.165) is 35.0 Å². The van der Waals surface area contributed by atoms with Crippen molar-refractivity contribution in [2.45, 2.75) is 38.5 Å². The summed E-state index contributed by atoms with van der Waals surface area (Å²) < 4.78 is 0. The molecule has 4 bridgehead atoms. The molecule has 0 aliphatic heterocycles. The molecule has 16 heavy (non-hydrogen) atoms. The number of hydrogen-bond donors (Lipinski definition) is 0. The number of hydrogen-bond acceptors (Lipinski definition) is 1. The van der Waals surface area contributed by atoms with Crippen molar-refractivity contribution in [2.24, 2.45) is 35.0 Å². The highest BCUT2D eigenvalue weighted by atomic mass is 15.1. The second-order valence-electron chi connectivity index (χ2n) is 7.58. The second-order valence-corrected chi connectivity index (χ2v) is 7.58. The molecule has 0 aromatic heterocycles. The van der Waals surface area contributed by atoms with Crippen LogP contribution >= 0.6 is 0 Å². The van der Waals surface area contributed by atoms with Gasteiger partial charge in [0.1, 0.15) is 0 Å². The van der Waals surface area contributed by atoms with E-state index in [0.29, 0.717) is 0 Å². The number of rotatable bonds is 2. The Labute approximate surface area is 99.6 Å². The molecular formula is C15H25N. The van der Waals surface area contributed by atoms with Crippen LogP contribution in [0.1, 0.15) is 38.5 Å². The third kappa shape index (κ3) is 1.16. The molecule has 1 spiro atoms. The van der Waals surface area contributed by atoms with E-state index in [1.54, 1.807) is 38.5 Å². The van der Waals surface area contributed by atoms with Crippen molar-refractivity contribution in [1.82, 2.24) is 4.90 Å². The van der Waals surface area contributed by atoms with Crippen LogP contribution in [0.3, 0.4) is 0 Å². The Kier molecular flexibility index (Phi) is 1.89. The topological polar surface area (TPSA) is 3.24 Å². The molecule has 1 nitrogen and oxygen atoms in total. The Morgan fingerprint density at radius 3 is 2.00 bits per heavy atom. The lowest BCUT2D eigenvalue weighted by molar-refractivity contribution is -0.0612. The molecule has 0 aromatic carbocycles. The van der Waals surface area contributed by atoms with Crippen LogP contribution in [0.5, 0.6) is 0 Å². The largest absolute Gasteiger partial charge is 0.309 e. The molecule has 1 atom stereocenters. The molecule has 5 saturated carbocycles. The summed E-state index contributed by atoms with van der Waals surface area (Å²) in [6, 6.07) is 0. The Balaban J connectivity index is 1.58. The highest BCUT2D eigenvalue weighted by Gasteiger charge is 2.67. The minimum absolute atomic E-state index is 0.859. The summed E-state index contributed by atoms with van der Waals surface area (Å²) in [6.45, 7) is 1.36. The summed E-state index contributed by atoms with van der Waals surface area (Å²) in [6.07, 6.45) is 9.61. The standard InChI is InChI=1S/C15H25N/c1-16(2)9-14-8-15(14)12-4-10-3-11(6-12)7-13(15)5-10/h10-14H,3-9H2,1-2H3. The molecule has 1 unspecified atom stereocenters. The zero-order valence-corrected chi connectivity index (χ0v) is 10.8. The maximum Gasteiger partial charge on any atom is 0.000929 e. The van der Waals surface area contributed by atoms with Gasteiger partial charge in [0.05, 0.1) is 0 Å². The molecule has 5 rings (SSSR count). The lowest BCUT2D eigenvalue weighted by Crippen LogP contribution is -2.47. The normalized spacial score (nSPS) is 57.6. The second kappa shape index (κ2) is 3.04. The summed E-state index contributed by atoms with van der Waals surface area (Å²) >= 11 is 0. The molecule has 5 fully saturated rings. The predicted octanol–water partition coefficient (Wildman–Crippen LogP) is 3.01. The van der Waals surface area contributed by atoms with Gasteiger partial charge in [0.25, 0.3) is 0 Å². The molecule has 5 aliphatic rings. The first-order valence-electron chi connectivity index (χ1n) is 7.33. The van der Waals surface area contributed by atoms with Crippen molar-refractivity contribution in [2.75, 3.05) is 20.6 Å². The SMILES string of the molecule is CN(C)CC1CC12C1CC3CC(C1)CC2C3. The van der Waals surface area contributed by atoms with Crippen LogP contribution in [0.15, 0.2) is 0 Å². The highest BCUT2D eigenvalue weighted by Crippen LogP contribution is 2.74. The summed E-state index contributed by atoms with van der Waals surface area (Å²) in [4.78, 5) is 2.42. The fraction of sp³-hybridized carbons (Fsp3) is 1.00. The van der Waals surface area contributed by atoms with Crippen LogP contribution in [0.2, 0.25) is 0 Å². The van der Waals surface area contributed by atoms with E-state index in [1.807, 2.05) is 0 Å². The van der Waals surface area contributed by atoms with E-state index in [2.05, 4.69) is 19.0 Å². The molecule has 0 aromatic rings. The Hall–Kier alpha value is -0.0400. The third-order valence-corrected chi connectivity index (χ3v) is 6.44. The van der Waals surface area contributed by atoms with E-state index in [4.69, 9.17) is 0 Å². The van der Waals surface area contributed by atoms with Gasteiger partial charge in [-0.2, -0.15) is 0 Å². The lowest BCUT2D eigenvalue weighted by atomic mass is 9.49. The van der Waals surface area contributed by atoms with Crippen molar-refractivity contribution in [3.8, 4) is 0 Å². The molecule has 0 heterocycles. The Bertz CT molecular complexity index is 279. The Morgan fingerprint density at radius 1 is 0.938 bits per heavy atom. The zero-order chi connectivity index (χ0) is 10.9. The van der Waals surface area contributed by atoms with Crippen LogP contribution in [0.25, 0.3) is 0 Å². The van der Waals surface area contributed by atoms with Crippen molar-refractivity contribution < 1.29 is 0 Å². The van der Waals surface area contributed by atoms with Gasteiger partial charge < -0.3 is 4.90 Å². The van der Waals surface area contributed by atoms with Gasteiger partial charge in [0, 0.05) is 6.54 Å². The van der Waals surface area contributed by atoms with Crippen LogP contribution in [0, 0.1) is 35.0 Å². The molecule has 0 amide bonds. The lowest BCUT2D eigenvalue weighted by Gasteiger charge is -2.56. The van der Waals surface area contributed by atoms with Gasteiger partial charge in [-0.05, 0) is 87.6 Å². The van der Waals surface area contributed by atoms with Crippen LogP contribution in [0.4, 0.5) is 0 Å². The molecular weight excluding hydrogens is 194 g/mol. The summed E-state index contributed by atoms with van der Waals surface area (Å²) in [5, 5.41) is 0. The molecule has 90 valence electrons. The van der Waals surface area contributed by atoms with E-state index < -0.39 is 0 Å². The van der Waals surface area contributed by atoms with Gasteiger partial charge in [-0.25, -0.2) is 0 Å². The van der Waals surface area contributed by atoms with Gasteiger partial charge in [0.15, 0.2) is 0 Å². The van der Waals surface area contributed by atoms with E-state index >= 15 is 0 Å². The molecule has 1 heteroatoms. The van der Waals surface area contributed by atoms with Crippen LogP contribution in [-0.4, -0.2) is 25.5 Å². The van der Waals surface area contributed by atoms with Gasteiger partial charge in [0.2, 0.25) is 0 Å². The van der Waals surface area contributed by atoms with Gasteiger partial charge in [-0.3, -0.25) is 0 Å². The first kappa shape index (κ1) is 9.94. The predicted molar refractivity (Wildman–Crippen MR) is 66.1 cm³/mol.